The van der Waals surface area contributed by atoms with Gasteiger partial charge in [0.15, 0.2) is 0 Å². The summed E-state index contributed by atoms with van der Waals surface area (Å²) in [5, 5.41) is 12.8. The molecule has 0 saturated heterocycles. The molecule has 148 valence electrons. The highest BCUT2D eigenvalue weighted by Crippen LogP contribution is 2.10. The third-order valence-corrected chi connectivity index (χ3v) is 4.57. The minimum atomic E-state index is -0.318. The van der Waals surface area contributed by atoms with Gasteiger partial charge in [-0.05, 0) is 12.1 Å². The number of carbonyl (C=O) groups is 1. The van der Waals surface area contributed by atoms with Crippen molar-refractivity contribution in [1.82, 2.24) is 20.4 Å². The molecule has 4 aromatic rings. The zero-order chi connectivity index (χ0) is 20.8. The molecule has 1 N–H and O–H groups in total. The second-order valence-electron chi connectivity index (χ2n) is 6.61. The van der Waals surface area contributed by atoms with Crippen LogP contribution in [0.3, 0.4) is 0 Å². The summed E-state index contributed by atoms with van der Waals surface area (Å²) in [6, 6.07) is 26.2. The maximum atomic E-state index is 12.5. The van der Waals surface area contributed by atoms with Crippen molar-refractivity contribution in [2.24, 2.45) is 5.10 Å². The number of aromatic nitrogens is 3. The third-order valence-electron chi connectivity index (χ3n) is 4.57. The molecule has 0 bridgehead atoms. The highest BCUT2D eigenvalue weighted by Gasteiger charge is 2.10. The molecule has 1 aromatic heterocycles. The molecule has 0 saturated carbocycles. The van der Waals surface area contributed by atoms with Crippen LogP contribution in [0.15, 0.2) is 94.8 Å². The van der Waals surface area contributed by atoms with Gasteiger partial charge < -0.3 is 0 Å². The number of benzene rings is 3. The van der Waals surface area contributed by atoms with E-state index in [2.05, 4.69) is 20.8 Å². The van der Waals surface area contributed by atoms with Crippen molar-refractivity contribution >= 4 is 22.5 Å². The molecule has 1 heterocycles. The molecule has 0 aliphatic rings. The minimum Gasteiger partial charge on any atom is -0.273 e. The van der Waals surface area contributed by atoms with Crippen LogP contribution in [0.25, 0.3) is 10.9 Å². The smallest absolute Gasteiger partial charge is 0.273 e. The number of hydrogen-bond acceptors (Lipinski definition) is 5. The molecular formula is C23H19N5O2. The van der Waals surface area contributed by atoms with Crippen LogP contribution in [0.2, 0.25) is 0 Å². The fourth-order valence-corrected chi connectivity index (χ4v) is 3.04. The lowest BCUT2D eigenvalue weighted by Gasteiger charge is -2.08. The molecular weight excluding hydrogens is 378 g/mol. The number of aryl methyl sites for hydroxylation is 1. The summed E-state index contributed by atoms with van der Waals surface area (Å²) in [5.74, 6) is -0.318. The Hall–Kier alpha value is -4.13. The van der Waals surface area contributed by atoms with Crippen molar-refractivity contribution in [3.05, 3.63) is 106 Å². The summed E-state index contributed by atoms with van der Waals surface area (Å²) in [6.07, 6.45) is 0.0489. The number of fused-ring (bicyclic) bond motifs is 1. The quantitative estimate of drug-likeness (QED) is 0.400. The number of nitrogens with one attached hydrogen (secondary N) is 1. The SMILES string of the molecule is O=C(CCn1nnc2ccccc2c1=O)NN=C(c1ccccc1)c1ccccc1. The van der Waals surface area contributed by atoms with Gasteiger partial charge >= 0.3 is 0 Å². The minimum absolute atomic E-state index is 0.0489. The average Bonchev–Trinajstić information content (AvgIpc) is 2.80. The number of nitrogens with zero attached hydrogens (tertiary/aromatic N) is 4. The maximum Gasteiger partial charge on any atom is 0.277 e. The van der Waals surface area contributed by atoms with Crippen molar-refractivity contribution in [3.8, 4) is 0 Å². The molecule has 1 amide bonds. The summed E-state index contributed by atoms with van der Waals surface area (Å²) in [6.45, 7) is 0.115. The van der Waals surface area contributed by atoms with Gasteiger partial charge in [0.1, 0.15) is 5.52 Å². The molecule has 0 aliphatic carbocycles. The summed E-state index contributed by atoms with van der Waals surface area (Å²) in [5.41, 5.74) is 5.29. The van der Waals surface area contributed by atoms with Gasteiger partial charge in [0.05, 0.1) is 17.6 Å². The average molecular weight is 397 g/mol. The van der Waals surface area contributed by atoms with E-state index in [0.29, 0.717) is 16.6 Å². The zero-order valence-electron chi connectivity index (χ0n) is 16.1. The van der Waals surface area contributed by atoms with Crippen LogP contribution in [0, 0.1) is 0 Å². The van der Waals surface area contributed by atoms with E-state index in [9.17, 15) is 9.59 Å². The van der Waals surface area contributed by atoms with E-state index >= 15 is 0 Å². The third kappa shape index (κ3) is 4.30. The molecule has 0 aliphatic heterocycles. The Kier molecular flexibility index (Phi) is 5.70. The van der Waals surface area contributed by atoms with Crippen LogP contribution in [-0.4, -0.2) is 26.6 Å². The van der Waals surface area contributed by atoms with Crippen LogP contribution in [0.5, 0.6) is 0 Å². The number of hydrazone groups is 1. The van der Waals surface area contributed by atoms with Crippen molar-refractivity contribution in [2.45, 2.75) is 13.0 Å². The van der Waals surface area contributed by atoms with Gasteiger partial charge in [-0.1, -0.05) is 78.0 Å². The van der Waals surface area contributed by atoms with Gasteiger partial charge in [-0.15, -0.1) is 5.10 Å². The summed E-state index contributed by atoms with van der Waals surface area (Å²) in [4.78, 5) is 24.9. The molecule has 4 rings (SSSR count). The lowest BCUT2D eigenvalue weighted by atomic mass is 10.0. The topological polar surface area (TPSA) is 89.2 Å². The van der Waals surface area contributed by atoms with Gasteiger partial charge in [0.2, 0.25) is 5.91 Å². The van der Waals surface area contributed by atoms with Crippen molar-refractivity contribution in [3.63, 3.8) is 0 Å². The summed E-state index contributed by atoms with van der Waals surface area (Å²) >= 11 is 0. The van der Waals surface area contributed by atoms with Crippen LogP contribution in [0.1, 0.15) is 17.5 Å². The van der Waals surface area contributed by atoms with E-state index < -0.39 is 0 Å². The molecule has 7 nitrogen and oxygen atoms in total. The lowest BCUT2D eigenvalue weighted by molar-refractivity contribution is -0.121. The maximum absolute atomic E-state index is 12.5. The molecule has 0 atom stereocenters. The Morgan fingerprint density at radius 3 is 2.13 bits per heavy atom. The first-order valence-electron chi connectivity index (χ1n) is 9.52. The molecule has 0 fully saturated rings. The Labute approximate surface area is 172 Å². The van der Waals surface area contributed by atoms with Gasteiger partial charge in [-0.3, -0.25) is 9.59 Å². The lowest BCUT2D eigenvalue weighted by Crippen LogP contribution is -2.28. The molecule has 3 aromatic carbocycles. The van der Waals surface area contributed by atoms with E-state index in [0.717, 1.165) is 11.1 Å². The van der Waals surface area contributed by atoms with E-state index in [4.69, 9.17) is 0 Å². The number of carbonyl (C=O) groups excluding carboxylic acids is 1. The van der Waals surface area contributed by atoms with Crippen LogP contribution in [-0.2, 0) is 11.3 Å². The largest absolute Gasteiger partial charge is 0.277 e. The van der Waals surface area contributed by atoms with E-state index in [1.54, 1.807) is 24.3 Å². The zero-order valence-corrected chi connectivity index (χ0v) is 16.1. The number of amides is 1. The van der Waals surface area contributed by atoms with Gasteiger partial charge in [-0.25, -0.2) is 10.1 Å². The second-order valence-corrected chi connectivity index (χ2v) is 6.61. The standard InChI is InChI=1S/C23H19N5O2/c29-21(15-16-28-23(30)19-13-7-8-14-20(19)24-27-28)25-26-22(17-9-3-1-4-10-17)18-11-5-2-6-12-18/h1-14H,15-16H2,(H,25,29). The van der Waals surface area contributed by atoms with Crippen LogP contribution >= 0.6 is 0 Å². The number of hydrogen-bond donors (Lipinski definition) is 1. The first-order valence-corrected chi connectivity index (χ1v) is 9.52. The van der Waals surface area contributed by atoms with Crippen LogP contribution in [0.4, 0.5) is 0 Å². The van der Waals surface area contributed by atoms with E-state index in [1.807, 2.05) is 60.7 Å². The first-order chi connectivity index (χ1) is 14.7. The Balaban J connectivity index is 1.49. The highest BCUT2D eigenvalue weighted by atomic mass is 16.2. The molecule has 0 spiro atoms. The Morgan fingerprint density at radius 1 is 0.867 bits per heavy atom. The van der Waals surface area contributed by atoms with Crippen LogP contribution < -0.4 is 11.0 Å². The predicted octanol–water partition coefficient (Wildman–Crippen LogP) is 2.75. The fourth-order valence-electron chi connectivity index (χ4n) is 3.04. The van der Waals surface area contributed by atoms with Gasteiger partial charge in [-0.2, -0.15) is 5.10 Å². The predicted molar refractivity (Wildman–Crippen MR) is 115 cm³/mol. The highest BCUT2D eigenvalue weighted by molar-refractivity contribution is 6.13. The monoisotopic (exact) mass is 397 g/mol. The van der Waals surface area contributed by atoms with E-state index in [-0.39, 0.29) is 24.4 Å². The molecule has 0 unspecified atom stereocenters. The first kappa shape index (κ1) is 19.2. The molecule has 0 radical (unpaired) electrons. The number of rotatable bonds is 6. The van der Waals surface area contributed by atoms with Crippen molar-refractivity contribution < 1.29 is 4.79 Å². The summed E-state index contributed by atoms with van der Waals surface area (Å²) in [7, 11) is 0. The Bertz CT molecular complexity index is 1210. The second kappa shape index (κ2) is 8.91. The fraction of sp³-hybridized carbons (Fsp3) is 0.0870. The van der Waals surface area contributed by atoms with Crippen molar-refractivity contribution in [1.29, 1.82) is 0 Å². The summed E-state index contributed by atoms with van der Waals surface area (Å²) < 4.78 is 1.20. The normalized spacial score (nSPS) is 10.5. The van der Waals surface area contributed by atoms with E-state index in [1.165, 1.54) is 4.68 Å². The van der Waals surface area contributed by atoms with Gasteiger partial charge in [0, 0.05) is 17.5 Å². The van der Waals surface area contributed by atoms with Crippen molar-refractivity contribution in [2.75, 3.05) is 0 Å². The van der Waals surface area contributed by atoms with Gasteiger partial charge in [0.25, 0.3) is 5.56 Å². The molecule has 30 heavy (non-hydrogen) atoms. The molecule has 7 heteroatoms. The Morgan fingerprint density at radius 2 is 1.47 bits per heavy atom.